The molecule has 0 saturated carbocycles. The summed E-state index contributed by atoms with van der Waals surface area (Å²) in [4.78, 5) is 5.75. The summed E-state index contributed by atoms with van der Waals surface area (Å²) in [5.74, 6) is -1.06. The molecule has 4 heteroatoms. The van der Waals surface area contributed by atoms with E-state index in [-0.39, 0.29) is 11.6 Å². The molecule has 0 bridgehead atoms. The summed E-state index contributed by atoms with van der Waals surface area (Å²) in [5, 5.41) is 1.20. The van der Waals surface area contributed by atoms with Gasteiger partial charge in [0.05, 0.1) is 11.6 Å². The fraction of sp³-hybridized carbons (Fsp3) is 0.167. The fourth-order valence-electron chi connectivity index (χ4n) is 2.93. The van der Waals surface area contributed by atoms with E-state index in [2.05, 4.69) is 23.2 Å². The van der Waals surface area contributed by atoms with Gasteiger partial charge in [0.15, 0.2) is 0 Å². The van der Waals surface area contributed by atoms with Gasteiger partial charge in [0.2, 0.25) is 0 Å². The summed E-state index contributed by atoms with van der Waals surface area (Å²) in [6.45, 7) is 0. The average molecular weight is 313 g/mol. The topological polar surface area (TPSA) is 12.4 Å². The Labute approximate surface area is 130 Å². The maximum atomic E-state index is 13.9. The molecular weight excluding hydrogens is 300 g/mol. The van der Waals surface area contributed by atoms with Gasteiger partial charge < -0.3 is 0 Å². The molecular formula is C18H13F2NS. The van der Waals surface area contributed by atoms with E-state index >= 15 is 0 Å². The van der Waals surface area contributed by atoms with Crippen molar-refractivity contribution in [3.63, 3.8) is 0 Å². The van der Waals surface area contributed by atoms with Crippen LogP contribution in [-0.2, 0) is 0 Å². The molecule has 4 rings (SSSR count). The molecule has 0 spiro atoms. The van der Waals surface area contributed by atoms with Crippen molar-refractivity contribution in [2.45, 2.75) is 18.9 Å². The summed E-state index contributed by atoms with van der Waals surface area (Å²) in [7, 11) is 0. The summed E-state index contributed by atoms with van der Waals surface area (Å²) in [5.41, 5.74) is 0.573. The predicted molar refractivity (Wildman–Crippen MR) is 86.7 cm³/mol. The molecule has 1 nitrogen and oxygen atoms in total. The maximum absolute atomic E-state index is 13.9. The van der Waals surface area contributed by atoms with Crippen LogP contribution in [0.3, 0.4) is 0 Å². The summed E-state index contributed by atoms with van der Waals surface area (Å²) in [6, 6.07) is 14.3. The van der Waals surface area contributed by atoms with Crippen molar-refractivity contribution in [3.8, 4) is 0 Å². The molecule has 22 heavy (non-hydrogen) atoms. The minimum absolute atomic E-state index is 0.00593. The van der Waals surface area contributed by atoms with E-state index in [4.69, 9.17) is 0 Å². The predicted octanol–water partition coefficient (Wildman–Crippen LogP) is 5.50. The number of fused-ring (bicyclic) bond motifs is 1. The second kappa shape index (κ2) is 5.29. The lowest BCUT2D eigenvalue weighted by Gasteiger charge is -2.03. The van der Waals surface area contributed by atoms with Gasteiger partial charge in [-0.15, -0.1) is 11.3 Å². The normalized spacial score (nSPS) is 17.9. The highest BCUT2D eigenvalue weighted by Gasteiger charge is 2.25. The average Bonchev–Trinajstić information content (AvgIpc) is 3.13. The summed E-state index contributed by atoms with van der Waals surface area (Å²) < 4.78 is 29.0. The molecule has 1 aliphatic heterocycles. The Hall–Kier alpha value is -2.07. The van der Waals surface area contributed by atoms with Gasteiger partial charge in [-0.2, -0.15) is 0 Å². The zero-order chi connectivity index (χ0) is 15.1. The van der Waals surface area contributed by atoms with Crippen LogP contribution >= 0.6 is 11.3 Å². The second-order valence-corrected chi connectivity index (χ2v) is 6.53. The number of rotatable bonds is 2. The Bertz CT molecular complexity index is 828. The lowest BCUT2D eigenvalue weighted by atomic mass is 10.1. The minimum atomic E-state index is -0.532. The summed E-state index contributed by atoms with van der Waals surface area (Å²) >= 11 is 1.71. The molecule has 1 aliphatic rings. The number of benzene rings is 2. The SMILES string of the molecule is Fc1cccc(F)c1C1=NC(c2cc3ccccc3s2)CC1. The fourth-order valence-corrected chi connectivity index (χ4v) is 4.06. The van der Waals surface area contributed by atoms with E-state index in [0.717, 1.165) is 11.3 Å². The van der Waals surface area contributed by atoms with Crippen molar-refractivity contribution >= 4 is 27.1 Å². The molecule has 0 fully saturated rings. The third kappa shape index (κ3) is 2.24. The Morgan fingerprint density at radius 2 is 1.77 bits per heavy atom. The third-order valence-corrected chi connectivity index (χ3v) is 5.21. The first-order valence-corrected chi connectivity index (χ1v) is 8.03. The number of aliphatic imine (C=N–C) groups is 1. The first-order valence-electron chi connectivity index (χ1n) is 7.22. The Balaban J connectivity index is 1.72. The lowest BCUT2D eigenvalue weighted by Crippen LogP contribution is -2.03. The van der Waals surface area contributed by atoms with Gasteiger partial charge in [-0.25, -0.2) is 8.78 Å². The van der Waals surface area contributed by atoms with Crippen LogP contribution in [0.15, 0.2) is 53.5 Å². The molecule has 1 unspecified atom stereocenters. The Morgan fingerprint density at radius 3 is 2.55 bits per heavy atom. The largest absolute Gasteiger partial charge is 0.280 e. The minimum Gasteiger partial charge on any atom is -0.280 e. The van der Waals surface area contributed by atoms with Crippen molar-refractivity contribution in [2.24, 2.45) is 4.99 Å². The van der Waals surface area contributed by atoms with Crippen LogP contribution in [0, 0.1) is 11.6 Å². The van der Waals surface area contributed by atoms with Crippen molar-refractivity contribution in [1.29, 1.82) is 0 Å². The first-order chi connectivity index (χ1) is 10.7. The number of nitrogens with zero attached hydrogens (tertiary/aromatic N) is 1. The molecule has 0 amide bonds. The van der Waals surface area contributed by atoms with Gasteiger partial charge in [0.25, 0.3) is 0 Å². The highest BCUT2D eigenvalue weighted by atomic mass is 32.1. The maximum Gasteiger partial charge on any atom is 0.135 e. The number of hydrogen-bond donors (Lipinski definition) is 0. The van der Waals surface area contributed by atoms with Crippen molar-refractivity contribution < 1.29 is 8.78 Å². The molecule has 1 atom stereocenters. The van der Waals surface area contributed by atoms with Gasteiger partial charge >= 0.3 is 0 Å². The number of hydrogen-bond acceptors (Lipinski definition) is 2. The van der Waals surface area contributed by atoms with Gasteiger partial charge in [0.1, 0.15) is 11.6 Å². The van der Waals surface area contributed by atoms with Crippen LogP contribution in [0.2, 0.25) is 0 Å². The van der Waals surface area contributed by atoms with E-state index in [1.54, 1.807) is 11.3 Å². The number of thiophene rings is 1. The van der Waals surface area contributed by atoms with Crippen molar-refractivity contribution in [2.75, 3.05) is 0 Å². The molecule has 0 saturated heterocycles. The second-order valence-electron chi connectivity index (χ2n) is 5.41. The molecule has 0 radical (unpaired) electrons. The zero-order valence-corrected chi connectivity index (χ0v) is 12.5. The standard InChI is InChI=1S/C18H13F2NS/c19-12-5-3-6-13(20)18(12)15-9-8-14(21-15)17-10-11-4-1-2-7-16(11)22-17/h1-7,10,14H,8-9H2. The van der Waals surface area contributed by atoms with E-state index in [1.165, 1.54) is 28.3 Å². The van der Waals surface area contributed by atoms with Crippen LogP contribution in [0.1, 0.15) is 29.3 Å². The van der Waals surface area contributed by atoms with Gasteiger partial charge in [0, 0.05) is 15.3 Å². The lowest BCUT2D eigenvalue weighted by molar-refractivity contribution is 0.578. The van der Waals surface area contributed by atoms with Crippen molar-refractivity contribution in [3.05, 3.63) is 70.6 Å². The summed E-state index contributed by atoms with van der Waals surface area (Å²) in [6.07, 6.45) is 1.41. The van der Waals surface area contributed by atoms with E-state index in [9.17, 15) is 8.78 Å². The molecule has 2 heterocycles. The molecule has 110 valence electrons. The van der Waals surface area contributed by atoms with E-state index < -0.39 is 11.6 Å². The highest BCUT2D eigenvalue weighted by molar-refractivity contribution is 7.19. The molecule has 3 aromatic rings. The van der Waals surface area contributed by atoms with Crippen LogP contribution < -0.4 is 0 Å². The molecule has 0 aliphatic carbocycles. The van der Waals surface area contributed by atoms with E-state index in [0.29, 0.717) is 12.1 Å². The highest BCUT2D eigenvalue weighted by Crippen LogP contribution is 2.38. The van der Waals surface area contributed by atoms with Crippen LogP contribution in [0.5, 0.6) is 0 Å². The number of halogens is 2. The van der Waals surface area contributed by atoms with Crippen LogP contribution in [0.4, 0.5) is 8.78 Å². The molecule has 2 aromatic carbocycles. The Kier molecular flexibility index (Phi) is 3.26. The quantitative estimate of drug-likeness (QED) is 0.592. The van der Waals surface area contributed by atoms with Gasteiger partial charge in [-0.05, 0) is 42.5 Å². The zero-order valence-electron chi connectivity index (χ0n) is 11.7. The van der Waals surface area contributed by atoms with Gasteiger partial charge in [-0.3, -0.25) is 4.99 Å². The van der Waals surface area contributed by atoms with Crippen LogP contribution in [0.25, 0.3) is 10.1 Å². The molecule has 1 aromatic heterocycles. The third-order valence-electron chi connectivity index (χ3n) is 3.99. The van der Waals surface area contributed by atoms with E-state index in [1.807, 2.05) is 12.1 Å². The monoisotopic (exact) mass is 313 g/mol. The Morgan fingerprint density at radius 1 is 1.00 bits per heavy atom. The van der Waals surface area contributed by atoms with Gasteiger partial charge in [-0.1, -0.05) is 24.3 Å². The van der Waals surface area contributed by atoms with Crippen molar-refractivity contribution in [1.82, 2.24) is 0 Å². The smallest absolute Gasteiger partial charge is 0.135 e. The molecule has 0 N–H and O–H groups in total. The van der Waals surface area contributed by atoms with Crippen LogP contribution in [-0.4, -0.2) is 5.71 Å². The first kappa shape index (κ1) is 13.6.